The van der Waals surface area contributed by atoms with Gasteiger partial charge in [-0.2, -0.15) is 5.10 Å². The van der Waals surface area contributed by atoms with Crippen LogP contribution in [0.25, 0.3) is 10.9 Å². The van der Waals surface area contributed by atoms with Crippen LogP contribution in [0.4, 0.5) is 10.2 Å². The number of aromatic nitrogens is 2. The summed E-state index contributed by atoms with van der Waals surface area (Å²) in [6, 6.07) is 17.6. The van der Waals surface area contributed by atoms with Crippen molar-refractivity contribution in [2.45, 2.75) is 20.0 Å². The van der Waals surface area contributed by atoms with E-state index in [4.69, 9.17) is 4.74 Å². The molecular weight excluding hydrogens is 449 g/mol. The number of amides is 1. The van der Waals surface area contributed by atoms with Gasteiger partial charge in [-0.15, -0.1) is 0 Å². The van der Waals surface area contributed by atoms with E-state index in [0.717, 1.165) is 11.9 Å². The number of ether oxygens (including phenoxy) is 1. The van der Waals surface area contributed by atoms with Crippen molar-refractivity contribution in [1.29, 1.82) is 0 Å². The van der Waals surface area contributed by atoms with Crippen LogP contribution in [-0.4, -0.2) is 16.1 Å². The molecule has 1 aromatic heterocycles. The fourth-order valence-corrected chi connectivity index (χ4v) is 3.38. The summed E-state index contributed by atoms with van der Waals surface area (Å²) < 4.78 is 20.4. The van der Waals surface area contributed by atoms with Gasteiger partial charge in [0, 0.05) is 21.0 Å². The monoisotopic (exact) mass is 467 g/mol. The van der Waals surface area contributed by atoms with E-state index in [-0.39, 0.29) is 18.3 Å². The van der Waals surface area contributed by atoms with Crippen LogP contribution in [0.5, 0.6) is 5.75 Å². The van der Waals surface area contributed by atoms with Gasteiger partial charge in [0.05, 0.1) is 5.52 Å². The first-order chi connectivity index (χ1) is 14.5. The van der Waals surface area contributed by atoms with Gasteiger partial charge in [0.25, 0.3) is 5.91 Å². The van der Waals surface area contributed by atoms with Crippen molar-refractivity contribution < 1.29 is 13.9 Å². The van der Waals surface area contributed by atoms with Gasteiger partial charge in [0.1, 0.15) is 18.2 Å². The molecule has 7 heteroatoms. The lowest BCUT2D eigenvalue weighted by atomic mass is 10.1. The molecule has 30 heavy (non-hydrogen) atoms. The summed E-state index contributed by atoms with van der Waals surface area (Å²) in [6.45, 7) is 2.16. The lowest BCUT2D eigenvalue weighted by molar-refractivity contribution is 0.102. The smallest absolute Gasteiger partial charge is 0.256 e. The second-order valence-electron chi connectivity index (χ2n) is 6.81. The summed E-state index contributed by atoms with van der Waals surface area (Å²) in [5, 5.41) is 10.6. The number of carbonyl (C=O) groups is 1. The maximum atomic E-state index is 14.0. The van der Waals surface area contributed by atoms with Crippen molar-refractivity contribution in [1.82, 2.24) is 10.2 Å². The predicted octanol–water partition coefficient (Wildman–Crippen LogP) is 5.86. The molecule has 0 bridgehead atoms. The zero-order valence-corrected chi connectivity index (χ0v) is 17.8. The second-order valence-corrected chi connectivity index (χ2v) is 7.72. The summed E-state index contributed by atoms with van der Waals surface area (Å²) in [4.78, 5) is 12.6. The first-order valence-electron chi connectivity index (χ1n) is 9.48. The average Bonchev–Trinajstić information content (AvgIpc) is 3.15. The Morgan fingerprint density at radius 1 is 1.13 bits per heavy atom. The number of aryl methyl sites for hydroxylation is 1. The molecule has 0 saturated heterocycles. The first-order valence-corrected chi connectivity index (χ1v) is 10.3. The number of carbonyl (C=O) groups excluding carboxylic acids is 1. The predicted molar refractivity (Wildman–Crippen MR) is 118 cm³/mol. The van der Waals surface area contributed by atoms with Gasteiger partial charge in [0.2, 0.25) is 0 Å². The fraction of sp³-hybridized carbons (Fsp3) is 0.130. The topological polar surface area (TPSA) is 67.0 Å². The molecule has 1 heterocycles. The normalized spacial score (nSPS) is 10.9. The number of halogens is 2. The molecule has 5 nitrogen and oxygen atoms in total. The SMILES string of the molecule is CCc1ccc(C(=O)Nc2n[nH]c3ccc(OCc4ccc(Br)cc4F)cc23)cc1. The molecule has 0 radical (unpaired) electrons. The highest BCUT2D eigenvalue weighted by Crippen LogP contribution is 2.27. The van der Waals surface area contributed by atoms with E-state index in [1.165, 1.54) is 11.6 Å². The van der Waals surface area contributed by atoms with Crippen molar-refractivity contribution in [3.8, 4) is 5.75 Å². The van der Waals surface area contributed by atoms with Crippen molar-refractivity contribution in [2.75, 3.05) is 5.32 Å². The minimum atomic E-state index is -0.337. The molecule has 0 spiro atoms. The number of hydrogen-bond donors (Lipinski definition) is 2. The second kappa shape index (κ2) is 8.67. The van der Waals surface area contributed by atoms with E-state index in [2.05, 4.69) is 38.4 Å². The molecule has 0 aliphatic rings. The molecule has 1 amide bonds. The van der Waals surface area contributed by atoms with Crippen molar-refractivity contribution in [2.24, 2.45) is 0 Å². The summed E-state index contributed by atoms with van der Waals surface area (Å²) in [5.74, 6) is 0.383. The molecule has 4 aromatic rings. The zero-order valence-electron chi connectivity index (χ0n) is 16.2. The fourth-order valence-electron chi connectivity index (χ4n) is 3.05. The van der Waals surface area contributed by atoms with Crippen LogP contribution >= 0.6 is 15.9 Å². The van der Waals surface area contributed by atoms with Gasteiger partial charge in [-0.25, -0.2) is 4.39 Å². The Hall–Kier alpha value is -3.19. The summed E-state index contributed by atoms with van der Waals surface area (Å²) in [7, 11) is 0. The van der Waals surface area contributed by atoms with Crippen LogP contribution < -0.4 is 10.1 Å². The molecule has 3 aromatic carbocycles. The van der Waals surface area contributed by atoms with Gasteiger partial charge in [-0.3, -0.25) is 9.89 Å². The minimum Gasteiger partial charge on any atom is -0.489 e. The van der Waals surface area contributed by atoms with Crippen molar-refractivity contribution in [3.05, 3.63) is 87.6 Å². The first kappa shape index (κ1) is 20.1. The van der Waals surface area contributed by atoms with E-state index in [9.17, 15) is 9.18 Å². The van der Waals surface area contributed by atoms with Gasteiger partial charge in [0.15, 0.2) is 5.82 Å². The lowest BCUT2D eigenvalue weighted by Crippen LogP contribution is -2.12. The third-order valence-electron chi connectivity index (χ3n) is 4.80. The maximum absolute atomic E-state index is 14.0. The Kier molecular flexibility index (Phi) is 5.81. The Morgan fingerprint density at radius 2 is 1.93 bits per heavy atom. The molecule has 0 unspecified atom stereocenters. The van der Waals surface area contributed by atoms with Gasteiger partial charge in [-0.1, -0.05) is 41.1 Å². The third-order valence-corrected chi connectivity index (χ3v) is 5.29. The van der Waals surface area contributed by atoms with Crippen LogP contribution in [-0.2, 0) is 13.0 Å². The van der Waals surface area contributed by atoms with Gasteiger partial charge >= 0.3 is 0 Å². The number of hydrogen-bond acceptors (Lipinski definition) is 3. The molecule has 0 aliphatic heterocycles. The van der Waals surface area contributed by atoms with E-state index in [1.807, 2.05) is 12.1 Å². The van der Waals surface area contributed by atoms with E-state index >= 15 is 0 Å². The van der Waals surface area contributed by atoms with Crippen LogP contribution in [0.15, 0.2) is 65.1 Å². The number of H-pyrrole nitrogens is 1. The van der Waals surface area contributed by atoms with Crippen LogP contribution in [0, 0.1) is 5.82 Å². The summed E-state index contributed by atoms with van der Waals surface area (Å²) in [5.41, 5.74) is 2.94. The van der Waals surface area contributed by atoms with E-state index in [1.54, 1.807) is 42.5 Å². The molecule has 0 atom stereocenters. The number of aromatic amines is 1. The summed E-state index contributed by atoms with van der Waals surface area (Å²) >= 11 is 3.24. The highest BCUT2D eigenvalue weighted by atomic mass is 79.9. The van der Waals surface area contributed by atoms with Crippen molar-refractivity contribution in [3.63, 3.8) is 0 Å². The van der Waals surface area contributed by atoms with E-state index in [0.29, 0.717) is 32.6 Å². The Bertz CT molecular complexity index is 1210. The molecule has 4 rings (SSSR count). The molecule has 0 fully saturated rings. The summed E-state index contributed by atoms with van der Waals surface area (Å²) in [6.07, 6.45) is 0.916. The molecule has 152 valence electrons. The maximum Gasteiger partial charge on any atom is 0.256 e. The minimum absolute atomic E-state index is 0.0912. The molecule has 0 saturated carbocycles. The number of nitrogens with zero attached hydrogens (tertiary/aromatic N) is 1. The largest absolute Gasteiger partial charge is 0.489 e. The van der Waals surface area contributed by atoms with E-state index < -0.39 is 0 Å². The molecule has 2 N–H and O–H groups in total. The number of anilines is 1. The Labute approximate surface area is 181 Å². The van der Waals surface area contributed by atoms with Gasteiger partial charge in [-0.05, 0) is 54.4 Å². The quantitative estimate of drug-likeness (QED) is 0.373. The van der Waals surface area contributed by atoms with Crippen LogP contribution in [0.3, 0.4) is 0 Å². The highest BCUT2D eigenvalue weighted by molar-refractivity contribution is 9.10. The Morgan fingerprint density at radius 3 is 2.67 bits per heavy atom. The number of rotatable bonds is 6. The molecule has 0 aliphatic carbocycles. The third kappa shape index (κ3) is 4.36. The highest BCUT2D eigenvalue weighted by Gasteiger charge is 2.13. The Balaban J connectivity index is 1.51. The lowest BCUT2D eigenvalue weighted by Gasteiger charge is -2.08. The number of benzene rings is 3. The number of fused-ring (bicyclic) bond motifs is 1. The molecular formula is C23H19BrFN3O2. The standard InChI is InChI=1S/C23H19BrFN3O2/c1-2-14-3-5-15(6-4-14)23(29)26-22-19-12-18(9-10-21(19)27-28-22)30-13-16-7-8-17(24)11-20(16)25/h3-12H,2,13H2,1H3,(H2,26,27,28,29). The van der Waals surface area contributed by atoms with Gasteiger partial charge < -0.3 is 10.1 Å². The average molecular weight is 468 g/mol. The number of nitrogens with one attached hydrogen (secondary N) is 2. The van der Waals surface area contributed by atoms with Crippen LogP contribution in [0.1, 0.15) is 28.4 Å². The van der Waals surface area contributed by atoms with Crippen LogP contribution in [0.2, 0.25) is 0 Å². The van der Waals surface area contributed by atoms with Crippen molar-refractivity contribution >= 4 is 38.6 Å². The zero-order chi connectivity index (χ0) is 21.1.